The smallest absolute Gasteiger partial charge is 0.246 e. The lowest BCUT2D eigenvalue weighted by atomic mass is 10.0. The summed E-state index contributed by atoms with van der Waals surface area (Å²) in [4.78, 5) is 9.59. The molecule has 0 N–H and O–H groups in total. The maximum atomic E-state index is 6.08. The highest BCUT2D eigenvalue weighted by Crippen LogP contribution is 2.38. The van der Waals surface area contributed by atoms with Crippen LogP contribution in [-0.2, 0) is 0 Å². The lowest BCUT2D eigenvalue weighted by Crippen LogP contribution is -1.93. The Balaban J connectivity index is 1.49. The number of para-hydroxylation sites is 3. The molecule has 0 atom stereocenters. The van der Waals surface area contributed by atoms with Gasteiger partial charge in [-0.1, -0.05) is 60.7 Å². The van der Waals surface area contributed by atoms with Crippen LogP contribution in [0.5, 0.6) is 0 Å². The van der Waals surface area contributed by atoms with Gasteiger partial charge in [0.15, 0.2) is 0 Å². The molecule has 0 unspecified atom stereocenters. The average molecular weight is 435 g/mol. The summed E-state index contributed by atoms with van der Waals surface area (Å²) < 4.78 is 8.42. The van der Waals surface area contributed by atoms with Gasteiger partial charge in [-0.2, -0.15) is 0 Å². The van der Waals surface area contributed by atoms with E-state index in [1.807, 2.05) is 30.3 Å². The highest BCUT2D eigenvalue weighted by atomic mass is 16.3. The molecule has 3 aromatic heterocycles. The molecule has 0 amide bonds. The van der Waals surface area contributed by atoms with Crippen molar-refractivity contribution in [3.63, 3.8) is 0 Å². The summed E-state index contributed by atoms with van der Waals surface area (Å²) in [6, 6.07) is 35.9. The first-order valence-corrected chi connectivity index (χ1v) is 11.4. The summed E-state index contributed by atoms with van der Waals surface area (Å²) in [5, 5.41) is 6.00. The Kier molecular flexibility index (Phi) is 3.36. The van der Waals surface area contributed by atoms with E-state index in [0.29, 0.717) is 5.71 Å². The fourth-order valence-electron chi connectivity index (χ4n) is 5.28. The average Bonchev–Trinajstić information content (AvgIpc) is 3.42. The Labute approximate surface area is 193 Å². The lowest BCUT2D eigenvalue weighted by molar-refractivity contribution is 0.655. The van der Waals surface area contributed by atoms with Crippen LogP contribution in [0.3, 0.4) is 0 Å². The molecule has 0 fully saturated rings. The van der Waals surface area contributed by atoms with Crippen molar-refractivity contribution >= 4 is 65.8 Å². The second-order valence-electron chi connectivity index (χ2n) is 8.68. The van der Waals surface area contributed by atoms with Crippen molar-refractivity contribution < 1.29 is 4.42 Å². The van der Waals surface area contributed by atoms with Gasteiger partial charge in [0.05, 0.1) is 27.5 Å². The fraction of sp³-hybridized carbons (Fsp3) is 0. The summed E-state index contributed by atoms with van der Waals surface area (Å²) in [7, 11) is 0. The van der Waals surface area contributed by atoms with E-state index in [0.717, 1.165) is 33.2 Å². The number of nitrogens with zero attached hydrogens (tertiary/aromatic N) is 3. The Bertz CT molecular complexity index is 2080. The first kappa shape index (κ1) is 17.8. The minimum absolute atomic E-state index is 0.569. The highest BCUT2D eigenvalue weighted by Gasteiger charge is 2.17. The van der Waals surface area contributed by atoms with Crippen LogP contribution in [0, 0.1) is 0 Å². The minimum Gasteiger partial charge on any atom is -0.436 e. The standard InChI is InChI=1S/C30H17N3O/c1-2-8-20-18(7-1)13-15-26-28(20)21-9-3-6-12-25(21)33(26)19-14-16-27-22(17-19)29-30(34-27)32-24-11-5-4-10-23(24)31-29/h1-17H. The summed E-state index contributed by atoms with van der Waals surface area (Å²) >= 11 is 0. The van der Waals surface area contributed by atoms with Crippen molar-refractivity contribution in [2.45, 2.75) is 0 Å². The summed E-state index contributed by atoms with van der Waals surface area (Å²) in [5.41, 5.74) is 7.30. The van der Waals surface area contributed by atoms with Gasteiger partial charge in [-0.05, 0) is 53.2 Å². The van der Waals surface area contributed by atoms with Gasteiger partial charge in [0.1, 0.15) is 11.1 Å². The van der Waals surface area contributed by atoms with Crippen molar-refractivity contribution in [1.29, 1.82) is 0 Å². The van der Waals surface area contributed by atoms with Crippen molar-refractivity contribution in [3.05, 3.63) is 103 Å². The minimum atomic E-state index is 0.569. The van der Waals surface area contributed by atoms with Gasteiger partial charge < -0.3 is 8.98 Å². The zero-order valence-corrected chi connectivity index (χ0v) is 18.1. The Morgan fingerprint density at radius 1 is 0.588 bits per heavy atom. The molecule has 8 aromatic rings. The predicted octanol–water partition coefficient (Wildman–Crippen LogP) is 7.78. The van der Waals surface area contributed by atoms with E-state index in [-0.39, 0.29) is 0 Å². The maximum absolute atomic E-state index is 6.08. The number of hydrogen-bond acceptors (Lipinski definition) is 3. The van der Waals surface area contributed by atoms with Crippen molar-refractivity contribution in [1.82, 2.24) is 14.5 Å². The van der Waals surface area contributed by atoms with E-state index >= 15 is 0 Å². The van der Waals surface area contributed by atoms with Crippen LogP contribution >= 0.6 is 0 Å². The monoisotopic (exact) mass is 435 g/mol. The van der Waals surface area contributed by atoms with Crippen LogP contribution in [0.4, 0.5) is 0 Å². The fourth-order valence-corrected chi connectivity index (χ4v) is 5.28. The van der Waals surface area contributed by atoms with Crippen LogP contribution in [0.15, 0.2) is 108 Å². The normalized spacial score (nSPS) is 12.1. The molecule has 0 aliphatic heterocycles. The number of rotatable bonds is 1. The molecule has 4 heteroatoms. The van der Waals surface area contributed by atoms with Gasteiger partial charge in [-0.3, -0.25) is 0 Å². The number of fused-ring (bicyclic) bond motifs is 9. The molecule has 34 heavy (non-hydrogen) atoms. The molecular weight excluding hydrogens is 418 g/mol. The molecule has 0 radical (unpaired) electrons. The molecule has 0 aliphatic rings. The van der Waals surface area contributed by atoms with Crippen molar-refractivity contribution in [3.8, 4) is 5.69 Å². The van der Waals surface area contributed by atoms with E-state index in [4.69, 9.17) is 14.4 Å². The molecule has 4 nitrogen and oxygen atoms in total. The lowest BCUT2D eigenvalue weighted by Gasteiger charge is -2.08. The molecule has 5 aromatic carbocycles. The van der Waals surface area contributed by atoms with E-state index in [9.17, 15) is 0 Å². The van der Waals surface area contributed by atoms with Gasteiger partial charge in [-0.25, -0.2) is 9.97 Å². The molecule has 0 aliphatic carbocycles. The number of hydrogen-bond donors (Lipinski definition) is 0. The summed E-state index contributed by atoms with van der Waals surface area (Å²) in [6.45, 7) is 0. The SMILES string of the molecule is c1ccc2c(c1)ccc1c2c2ccccc2n1-c1ccc2oc3nc4ccccc4nc3c2c1. The van der Waals surface area contributed by atoms with Gasteiger partial charge in [0.2, 0.25) is 5.71 Å². The largest absolute Gasteiger partial charge is 0.436 e. The van der Waals surface area contributed by atoms with Crippen LogP contribution < -0.4 is 0 Å². The van der Waals surface area contributed by atoms with E-state index in [1.165, 1.54) is 32.6 Å². The third-order valence-corrected chi connectivity index (χ3v) is 6.78. The second-order valence-corrected chi connectivity index (χ2v) is 8.68. The molecular formula is C30H17N3O. The molecule has 0 saturated carbocycles. The number of benzene rings is 5. The number of furan rings is 1. The number of aromatic nitrogens is 3. The third kappa shape index (κ3) is 2.32. The van der Waals surface area contributed by atoms with Gasteiger partial charge in [0.25, 0.3) is 0 Å². The quantitative estimate of drug-likeness (QED) is 0.264. The Morgan fingerprint density at radius 2 is 1.35 bits per heavy atom. The zero-order valence-electron chi connectivity index (χ0n) is 18.1. The van der Waals surface area contributed by atoms with Crippen LogP contribution in [0.25, 0.3) is 71.5 Å². The Hall–Kier alpha value is -4.70. The summed E-state index contributed by atoms with van der Waals surface area (Å²) in [6.07, 6.45) is 0. The maximum Gasteiger partial charge on any atom is 0.246 e. The van der Waals surface area contributed by atoms with Crippen LogP contribution in [0.2, 0.25) is 0 Å². The Morgan fingerprint density at radius 3 is 2.26 bits per heavy atom. The molecule has 0 saturated heterocycles. The van der Waals surface area contributed by atoms with Gasteiger partial charge >= 0.3 is 0 Å². The molecule has 0 bridgehead atoms. The first-order valence-electron chi connectivity index (χ1n) is 11.4. The molecule has 0 spiro atoms. The second kappa shape index (κ2) is 6.42. The van der Waals surface area contributed by atoms with Crippen LogP contribution in [0.1, 0.15) is 0 Å². The first-order chi connectivity index (χ1) is 16.8. The van der Waals surface area contributed by atoms with E-state index < -0.39 is 0 Å². The molecule has 3 heterocycles. The predicted molar refractivity (Wildman–Crippen MR) is 139 cm³/mol. The van der Waals surface area contributed by atoms with Crippen molar-refractivity contribution in [2.75, 3.05) is 0 Å². The van der Waals surface area contributed by atoms with Crippen molar-refractivity contribution in [2.24, 2.45) is 0 Å². The molecule has 8 rings (SSSR count). The molecule has 158 valence electrons. The zero-order chi connectivity index (χ0) is 22.2. The highest BCUT2D eigenvalue weighted by molar-refractivity contribution is 6.21. The van der Waals surface area contributed by atoms with Gasteiger partial charge in [0, 0.05) is 16.5 Å². The third-order valence-electron chi connectivity index (χ3n) is 6.78. The van der Waals surface area contributed by atoms with E-state index in [1.54, 1.807) is 0 Å². The van der Waals surface area contributed by atoms with E-state index in [2.05, 4.69) is 77.4 Å². The summed E-state index contributed by atoms with van der Waals surface area (Å²) in [5.74, 6) is 0. The topological polar surface area (TPSA) is 43.9 Å². The van der Waals surface area contributed by atoms with Gasteiger partial charge in [-0.15, -0.1) is 0 Å². The van der Waals surface area contributed by atoms with Crippen LogP contribution in [-0.4, -0.2) is 14.5 Å².